The van der Waals surface area contributed by atoms with Crippen molar-refractivity contribution in [2.45, 2.75) is 50.3 Å². The molecular weight excluding hydrogens is 520 g/mol. The molecule has 8 nitrogen and oxygen atoms in total. The van der Waals surface area contributed by atoms with Gasteiger partial charge in [-0.3, -0.25) is 4.79 Å². The van der Waals surface area contributed by atoms with E-state index in [-0.39, 0.29) is 12.3 Å². The molecular formula is C33H40N2O6. The van der Waals surface area contributed by atoms with Gasteiger partial charge in [-0.05, 0) is 68.1 Å². The Balaban J connectivity index is 1.39. The molecule has 0 spiro atoms. The number of nitrogens with one attached hydrogen (secondary N) is 1. The molecule has 218 valence electrons. The van der Waals surface area contributed by atoms with E-state index in [1.165, 1.54) is 5.56 Å². The van der Waals surface area contributed by atoms with E-state index >= 15 is 0 Å². The van der Waals surface area contributed by atoms with Crippen molar-refractivity contribution in [1.82, 2.24) is 10.2 Å². The third-order valence-corrected chi connectivity index (χ3v) is 7.65. The molecule has 2 atom stereocenters. The van der Waals surface area contributed by atoms with Crippen LogP contribution in [0.2, 0.25) is 0 Å². The summed E-state index contributed by atoms with van der Waals surface area (Å²) in [5, 5.41) is 12.8. The van der Waals surface area contributed by atoms with Gasteiger partial charge < -0.3 is 29.5 Å². The summed E-state index contributed by atoms with van der Waals surface area (Å²) in [5.41, 5.74) is 2.74. The van der Waals surface area contributed by atoms with E-state index in [1.807, 2.05) is 60.7 Å². The van der Waals surface area contributed by atoms with Crippen LogP contribution in [-0.4, -0.2) is 67.9 Å². The summed E-state index contributed by atoms with van der Waals surface area (Å²) in [6, 6.07) is 22.3. The predicted octanol–water partition coefficient (Wildman–Crippen LogP) is 4.94. The van der Waals surface area contributed by atoms with Gasteiger partial charge in [0.1, 0.15) is 23.1 Å². The number of carboxylic acid groups (broad SMARTS) is 1. The van der Waals surface area contributed by atoms with Crippen LogP contribution in [-0.2, 0) is 27.3 Å². The molecule has 1 amide bonds. The Morgan fingerprint density at radius 3 is 2.24 bits per heavy atom. The Labute approximate surface area is 242 Å². The molecule has 1 fully saturated rings. The summed E-state index contributed by atoms with van der Waals surface area (Å²) in [4.78, 5) is 27.9. The maximum Gasteiger partial charge on any atom is 0.326 e. The number of carbonyl (C=O) groups is 2. The van der Waals surface area contributed by atoms with Crippen LogP contribution in [0.3, 0.4) is 0 Å². The predicted molar refractivity (Wildman–Crippen MR) is 158 cm³/mol. The fraction of sp³-hybridized carbons (Fsp3) is 0.394. The van der Waals surface area contributed by atoms with Crippen LogP contribution in [0.5, 0.6) is 11.5 Å². The van der Waals surface area contributed by atoms with Gasteiger partial charge in [0.05, 0.1) is 19.8 Å². The van der Waals surface area contributed by atoms with Gasteiger partial charge in [-0.15, -0.1) is 0 Å². The number of carbonyl (C=O) groups excluding carboxylic acids is 1. The average molecular weight is 561 g/mol. The lowest BCUT2D eigenvalue weighted by atomic mass is 9.92. The molecule has 0 saturated carbocycles. The minimum Gasteiger partial charge on any atom is -0.496 e. The topological polar surface area (TPSA) is 97.3 Å². The number of rotatable bonds is 14. The summed E-state index contributed by atoms with van der Waals surface area (Å²) in [7, 11) is 5.28. The van der Waals surface area contributed by atoms with Crippen molar-refractivity contribution in [3.63, 3.8) is 0 Å². The molecule has 1 aliphatic heterocycles. The van der Waals surface area contributed by atoms with Crippen LogP contribution in [0.15, 0.2) is 72.8 Å². The zero-order chi connectivity index (χ0) is 29.2. The van der Waals surface area contributed by atoms with Gasteiger partial charge in [-0.1, -0.05) is 60.7 Å². The standard InChI is InChI=1S/C33H40N2O6/c1-35(23-25-10-5-4-6-11-25)20-8-18-33(19-9-21-41-33)32(38)34-27(31(36)37)22-24-14-16-26(17-15-24)30-28(39-2)12-7-13-29(30)40-3/h4-7,10-17,27H,8-9,18-23H2,1-3H3,(H,34,38)(H,36,37)/t27-,33?/m0/s1. The second-order valence-electron chi connectivity index (χ2n) is 10.6. The molecule has 4 rings (SSSR count). The number of methoxy groups -OCH3 is 2. The van der Waals surface area contributed by atoms with E-state index in [9.17, 15) is 14.7 Å². The highest BCUT2D eigenvalue weighted by molar-refractivity contribution is 5.89. The van der Waals surface area contributed by atoms with Crippen LogP contribution in [0.4, 0.5) is 0 Å². The molecule has 0 radical (unpaired) electrons. The van der Waals surface area contributed by atoms with E-state index in [1.54, 1.807) is 14.2 Å². The van der Waals surface area contributed by atoms with Crippen molar-refractivity contribution in [2.24, 2.45) is 0 Å². The highest BCUT2D eigenvalue weighted by atomic mass is 16.5. The van der Waals surface area contributed by atoms with Crippen molar-refractivity contribution < 1.29 is 28.9 Å². The molecule has 3 aromatic carbocycles. The first kappa shape index (κ1) is 30.1. The lowest BCUT2D eigenvalue weighted by Gasteiger charge is -2.29. The maximum atomic E-state index is 13.5. The first-order valence-electron chi connectivity index (χ1n) is 14.1. The quantitative estimate of drug-likeness (QED) is 0.288. The number of benzene rings is 3. The SMILES string of the molecule is COc1cccc(OC)c1-c1ccc(C[C@H](NC(=O)C2(CCCN(C)Cc3ccccc3)CCCO2)C(=O)O)cc1. The fourth-order valence-corrected chi connectivity index (χ4v) is 5.46. The Hall–Kier alpha value is -3.88. The van der Waals surface area contributed by atoms with Crippen LogP contribution in [0, 0.1) is 0 Å². The Morgan fingerprint density at radius 2 is 1.66 bits per heavy atom. The first-order valence-corrected chi connectivity index (χ1v) is 14.1. The van der Waals surface area contributed by atoms with Gasteiger partial charge in [0.15, 0.2) is 0 Å². The van der Waals surface area contributed by atoms with E-state index in [2.05, 4.69) is 29.4 Å². The molecule has 1 heterocycles. The maximum absolute atomic E-state index is 13.5. The highest BCUT2D eigenvalue weighted by Gasteiger charge is 2.43. The second kappa shape index (κ2) is 14.1. The zero-order valence-electron chi connectivity index (χ0n) is 24.1. The van der Waals surface area contributed by atoms with E-state index in [0.717, 1.165) is 42.6 Å². The van der Waals surface area contributed by atoms with Crippen LogP contribution in [0.25, 0.3) is 11.1 Å². The Morgan fingerprint density at radius 1 is 0.976 bits per heavy atom. The number of nitrogens with zero attached hydrogens (tertiary/aromatic N) is 1. The van der Waals surface area contributed by atoms with Crippen LogP contribution >= 0.6 is 0 Å². The summed E-state index contributed by atoms with van der Waals surface area (Å²) < 4.78 is 17.0. The van der Waals surface area contributed by atoms with Crippen molar-refractivity contribution in [2.75, 3.05) is 34.4 Å². The molecule has 1 saturated heterocycles. The van der Waals surface area contributed by atoms with E-state index in [0.29, 0.717) is 30.9 Å². The smallest absolute Gasteiger partial charge is 0.326 e. The number of hydrogen-bond donors (Lipinski definition) is 2. The van der Waals surface area contributed by atoms with Crippen molar-refractivity contribution in [3.05, 3.63) is 83.9 Å². The number of amides is 1. The highest BCUT2D eigenvalue weighted by Crippen LogP contribution is 2.38. The minimum absolute atomic E-state index is 0.153. The van der Waals surface area contributed by atoms with E-state index in [4.69, 9.17) is 14.2 Å². The van der Waals surface area contributed by atoms with Crippen molar-refractivity contribution in [1.29, 1.82) is 0 Å². The van der Waals surface area contributed by atoms with E-state index < -0.39 is 17.6 Å². The minimum atomic E-state index is -1.08. The van der Waals surface area contributed by atoms with Crippen LogP contribution < -0.4 is 14.8 Å². The molecule has 3 aromatic rings. The third kappa shape index (κ3) is 7.65. The molecule has 2 N–H and O–H groups in total. The van der Waals surface area contributed by atoms with Gasteiger partial charge in [0.2, 0.25) is 0 Å². The van der Waals surface area contributed by atoms with Gasteiger partial charge >= 0.3 is 5.97 Å². The molecule has 0 bridgehead atoms. The zero-order valence-corrected chi connectivity index (χ0v) is 24.1. The number of aliphatic carboxylic acids is 1. The lowest BCUT2D eigenvalue weighted by molar-refractivity contribution is -0.149. The Bertz CT molecular complexity index is 1270. The lowest BCUT2D eigenvalue weighted by Crippen LogP contribution is -2.53. The first-order chi connectivity index (χ1) is 19.8. The molecule has 1 aliphatic rings. The molecule has 0 aromatic heterocycles. The average Bonchev–Trinajstić information content (AvgIpc) is 3.47. The summed E-state index contributed by atoms with van der Waals surface area (Å²) in [5.74, 6) is -0.0603. The van der Waals surface area contributed by atoms with Crippen molar-refractivity contribution in [3.8, 4) is 22.6 Å². The van der Waals surface area contributed by atoms with Gasteiger partial charge in [-0.25, -0.2) is 4.79 Å². The van der Waals surface area contributed by atoms with Gasteiger partial charge in [0, 0.05) is 19.6 Å². The molecule has 1 unspecified atom stereocenters. The molecule has 0 aliphatic carbocycles. The van der Waals surface area contributed by atoms with Crippen LogP contribution in [0.1, 0.15) is 36.8 Å². The molecule has 8 heteroatoms. The summed E-state index contributed by atoms with van der Waals surface area (Å²) in [6.45, 7) is 2.13. The monoisotopic (exact) mass is 560 g/mol. The normalized spacial score (nSPS) is 17.3. The third-order valence-electron chi connectivity index (χ3n) is 7.65. The van der Waals surface area contributed by atoms with Gasteiger partial charge in [0.25, 0.3) is 5.91 Å². The van der Waals surface area contributed by atoms with Crippen molar-refractivity contribution >= 4 is 11.9 Å². The summed E-state index contributed by atoms with van der Waals surface area (Å²) >= 11 is 0. The number of carboxylic acids is 1. The Kier molecular flexibility index (Phi) is 10.4. The largest absolute Gasteiger partial charge is 0.496 e. The van der Waals surface area contributed by atoms with Gasteiger partial charge in [-0.2, -0.15) is 0 Å². The fourth-order valence-electron chi connectivity index (χ4n) is 5.46. The molecule has 41 heavy (non-hydrogen) atoms. The summed E-state index contributed by atoms with van der Waals surface area (Å²) in [6.07, 6.45) is 2.82. The second-order valence-corrected chi connectivity index (χ2v) is 10.6. The number of ether oxygens (including phenoxy) is 3. The number of hydrogen-bond acceptors (Lipinski definition) is 6.